The van der Waals surface area contributed by atoms with Crippen LogP contribution in [0.3, 0.4) is 0 Å². The molecule has 24 heavy (non-hydrogen) atoms. The van der Waals surface area contributed by atoms with Crippen molar-refractivity contribution in [3.05, 3.63) is 47.5 Å². The van der Waals surface area contributed by atoms with E-state index in [0.29, 0.717) is 12.8 Å². The first-order valence-electron chi connectivity index (χ1n) is 6.91. The lowest BCUT2D eigenvalue weighted by atomic mass is 9.83. The Bertz CT molecular complexity index is 602. The molecular formula is C16H16O8. The number of benzene rings is 1. The van der Waals surface area contributed by atoms with Gasteiger partial charge in [-0.2, -0.15) is 0 Å². The number of hydrogen-bond donors (Lipinski definition) is 4. The zero-order valence-electron chi connectivity index (χ0n) is 12.5. The Morgan fingerprint density at radius 3 is 1.17 bits per heavy atom. The maximum Gasteiger partial charge on any atom is 0.335 e. The van der Waals surface area contributed by atoms with Crippen LogP contribution in [-0.4, -0.2) is 44.3 Å². The van der Waals surface area contributed by atoms with Gasteiger partial charge in [-0.1, -0.05) is 12.2 Å². The third kappa shape index (κ3) is 5.24. The van der Waals surface area contributed by atoms with Crippen molar-refractivity contribution in [3.8, 4) is 0 Å². The molecule has 0 aliphatic heterocycles. The molecule has 8 heteroatoms. The molecule has 0 fully saturated rings. The number of hydrogen-bond acceptors (Lipinski definition) is 4. The standard InChI is InChI=1S/C8H6O4.C8H10O4/c9-7(10)5-1-2-6(4-3-5)8(11)12;9-7(10)5-3-1-2-4-6(5)8(11)12/h1-4H,(H,9,10)(H,11,12);1-2,5-6H,3-4H2,(H,9,10)(H,11,12). The van der Waals surface area contributed by atoms with Gasteiger partial charge in [0, 0.05) is 0 Å². The van der Waals surface area contributed by atoms with E-state index in [1.165, 1.54) is 24.3 Å². The zero-order valence-corrected chi connectivity index (χ0v) is 12.5. The largest absolute Gasteiger partial charge is 0.481 e. The van der Waals surface area contributed by atoms with Gasteiger partial charge in [0.15, 0.2) is 0 Å². The Kier molecular flexibility index (Phi) is 6.66. The van der Waals surface area contributed by atoms with Crippen molar-refractivity contribution in [1.82, 2.24) is 0 Å². The maximum absolute atomic E-state index is 10.6. The first-order chi connectivity index (χ1) is 11.2. The summed E-state index contributed by atoms with van der Waals surface area (Å²) in [4.78, 5) is 41.8. The second-order valence-corrected chi connectivity index (χ2v) is 5.02. The lowest BCUT2D eigenvalue weighted by Gasteiger charge is -2.20. The Morgan fingerprint density at radius 1 is 0.667 bits per heavy atom. The van der Waals surface area contributed by atoms with E-state index in [4.69, 9.17) is 20.4 Å². The SMILES string of the molecule is O=C(O)C1CC=CCC1C(=O)O.O=C(O)c1ccc(C(=O)O)cc1. The second-order valence-electron chi connectivity index (χ2n) is 5.02. The number of carboxylic acid groups (broad SMARTS) is 4. The molecular weight excluding hydrogens is 320 g/mol. The van der Waals surface area contributed by atoms with Gasteiger partial charge < -0.3 is 20.4 Å². The number of carboxylic acids is 4. The quantitative estimate of drug-likeness (QED) is 0.608. The molecule has 2 atom stereocenters. The van der Waals surface area contributed by atoms with Gasteiger partial charge >= 0.3 is 23.9 Å². The van der Waals surface area contributed by atoms with Crippen LogP contribution in [-0.2, 0) is 9.59 Å². The van der Waals surface area contributed by atoms with Crippen molar-refractivity contribution >= 4 is 23.9 Å². The molecule has 0 saturated heterocycles. The molecule has 0 saturated carbocycles. The van der Waals surface area contributed by atoms with Crippen molar-refractivity contribution in [3.63, 3.8) is 0 Å². The average Bonchev–Trinajstić information content (AvgIpc) is 2.55. The Labute approximate surface area is 136 Å². The first kappa shape index (κ1) is 18.9. The average molecular weight is 336 g/mol. The van der Waals surface area contributed by atoms with E-state index in [1.54, 1.807) is 12.2 Å². The molecule has 8 nitrogen and oxygen atoms in total. The summed E-state index contributed by atoms with van der Waals surface area (Å²) in [6.45, 7) is 0. The van der Waals surface area contributed by atoms with Crippen LogP contribution in [0.4, 0.5) is 0 Å². The van der Waals surface area contributed by atoms with Crippen molar-refractivity contribution in [2.45, 2.75) is 12.8 Å². The monoisotopic (exact) mass is 336 g/mol. The predicted molar refractivity (Wildman–Crippen MR) is 81.0 cm³/mol. The maximum atomic E-state index is 10.6. The molecule has 1 aromatic carbocycles. The Balaban J connectivity index is 0.000000240. The summed E-state index contributed by atoms with van der Waals surface area (Å²) >= 11 is 0. The van der Waals surface area contributed by atoms with Crippen LogP contribution in [0.5, 0.6) is 0 Å². The minimum Gasteiger partial charge on any atom is -0.481 e. The highest BCUT2D eigenvalue weighted by Gasteiger charge is 2.33. The van der Waals surface area contributed by atoms with E-state index in [9.17, 15) is 19.2 Å². The van der Waals surface area contributed by atoms with E-state index in [-0.39, 0.29) is 11.1 Å². The molecule has 4 N–H and O–H groups in total. The fourth-order valence-corrected chi connectivity index (χ4v) is 2.12. The molecule has 2 unspecified atom stereocenters. The topological polar surface area (TPSA) is 149 Å². The van der Waals surface area contributed by atoms with Crippen LogP contribution in [0, 0.1) is 11.8 Å². The lowest BCUT2D eigenvalue weighted by molar-refractivity contribution is -0.153. The van der Waals surface area contributed by atoms with Gasteiger partial charge in [-0.3, -0.25) is 9.59 Å². The minimum absolute atomic E-state index is 0.0833. The third-order valence-corrected chi connectivity index (χ3v) is 3.45. The van der Waals surface area contributed by atoms with Crippen LogP contribution >= 0.6 is 0 Å². The summed E-state index contributed by atoms with van der Waals surface area (Å²) in [5.74, 6) is -5.68. The van der Waals surface area contributed by atoms with E-state index >= 15 is 0 Å². The van der Waals surface area contributed by atoms with Gasteiger partial charge in [0.2, 0.25) is 0 Å². The molecule has 2 rings (SSSR count). The van der Waals surface area contributed by atoms with E-state index in [2.05, 4.69) is 0 Å². The molecule has 0 radical (unpaired) electrons. The third-order valence-electron chi connectivity index (χ3n) is 3.45. The number of rotatable bonds is 4. The molecule has 128 valence electrons. The summed E-state index contributed by atoms with van der Waals surface area (Å²) in [7, 11) is 0. The molecule has 0 aromatic heterocycles. The van der Waals surface area contributed by atoms with Crippen molar-refractivity contribution in [1.29, 1.82) is 0 Å². The molecule has 1 aliphatic rings. The van der Waals surface area contributed by atoms with Crippen LogP contribution < -0.4 is 0 Å². The smallest absolute Gasteiger partial charge is 0.335 e. The van der Waals surface area contributed by atoms with Gasteiger partial charge in [0.05, 0.1) is 23.0 Å². The van der Waals surface area contributed by atoms with Crippen molar-refractivity contribution in [2.24, 2.45) is 11.8 Å². The van der Waals surface area contributed by atoms with E-state index in [0.717, 1.165) is 0 Å². The van der Waals surface area contributed by atoms with E-state index in [1.807, 2.05) is 0 Å². The summed E-state index contributed by atoms with van der Waals surface area (Å²) < 4.78 is 0. The normalized spacial score (nSPS) is 18.8. The number of aliphatic carboxylic acids is 2. The first-order valence-corrected chi connectivity index (χ1v) is 6.91. The molecule has 0 heterocycles. The Hall–Kier alpha value is -3.16. The Morgan fingerprint density at radius 2 is 0.958 bits per heavy atom. The van der Waals surface area contributed by atoms with Crippen LogP contribution in [0.15, 0.2) is 36.4 Å². The molecule has 1 aromatic rings. The number of aromatic carboxylic acids is 2. The highest BCUT2D eigenvalue weighted by molar-refractivity contribution is 5.91. The fourth-order valence-electron chi connectivity index (χ4n) is 2.12. The summed E-state index contributed by atoms with van der Waals surface area (Å²) in [6, 6.07) is 5.02. The number of carbonyl (C=O) groups is 4. The predicted octanol–water partition coefficient (Wildman–Crippen LogP) is 1.82. The molecule has 0 bridgehead atoms. The van der Waals surface area contributed by atoms with E-state index < -0.39 is 35.7 Å². The molecule has 0 amide bonds. The highest BCUT2D eigenvalue weighted by atomic mass is 16.4. The number of allylic oxidation sites excluding steroid dienone is 2. The minimum atomic E-state index is -1.06. The van der Waals surface area contributed by atoms with Gasteiger partial charge in [-0.25, -0.2) is 9.59 Å². The lowest BCUT2D eigenvalue weighted by Crippen LogP contribution is -2.30. The van der Waals surface area contributed by atoms with Gasteiger partial charge in [0.25, 0.3) is 0 Å². The van der Waals surface area contributed by atoms with Crippen molar-refractivity contribution in [2.75, 3.05) is 0 Å². The summed E-state index contributed by atoms with van der Waals surface area (Å²) in [5.41, 5.74) is 0.167. The highest BCUT2D eigenvalue weighted by Crippen LogP contribution is 2.25. The van der Waals surface area contributed by atoms with Crippen LogP contribution in [0.2, 0.25) is 0 Å². The van der Waals surface area contributed by atoms with Gasteiger partial charge in [-0.05, 0) is 37.1 Å². The van der Waals surface area contributed by atoms with Crippen molar-refractivity contribution < 1.29 is 39.6 Å². The summed E-state index contributed by atoms with van der Waals surface area (Å²) in [5, 5.41) is 34.3. The molecule has 0 spiro atoms. The van der Waals surface area contributed by atoms with Gasteiger partial charge in [-0.15, -0.1) is 0 Å². The second kappa shape index (κ2) is 8.47. The van der Waals surface area contributed by atoms with Crippen LogP contribution in [0.1, 0.15) is 33.6 Å². The molecule has 1 aliphatic carbocycles. The van der Waals surface area contributed by atoms with Gasteiger partial charge in [0.1, 0.15) is 0 Å². The zero-order chi connectivity index (χ0) is 18.3. The summed E-state index contributed by atoms with van der Waals surface area (Å²) in [6.07, 6.45) is 4.09. The van der Waals surface area contributed by atoms with Crippen LogP contribution in [0.25, 0.3) is 0 Å². The fraction of sp³-hybridized carbons (Fsp3) is 0.250.